The molecule has 0 rings (SSSR count). The Morgan fingerprint density at radius 2 is 0.789 bits per heavy atom. The monoisotopic (exact) mass is 272 g/mol. The van der Waals surface area contributed by atoms with Crippen molar-refractivity contribution < 1.29 is 14.0 Å². The highest BCUT2D eigenvalue weighted by molar-refractivity contribution is 6.36. The van der Waals surface area contributed by atoms with Crippen LogP contribution in [-0.2, 0) is 14.0 Å². The molecule has 0 aliphatic rings. The summed E-state index contributed by atoms with van der Waals surface area (Å²) >= 11 is 0. The van der Waals surface area contributed by atoms with Crippen LogP contribution in [0.15, 0.2) is 0 Å². The third-order valence-corrected chi connectivity index (χ3v) is 3.80. The summed E-state index contributed by atoms with van der Waals surface area (Å²) in [7, 11) is -0.625. The van der Waals surface area contributed by atoms with Gasteiger partial charge in [0, 0.05) is 0 Å². The van der Waals surface area contributed by atoms with Crippen molar-refractivity contribution >= 4 is 7.32 Å². The van der Waals surface area contributed by atoms with Crippen LogP contribution < -0.4 is 0 Å². The Morgan fingerprint density at radius 3 is 0.947 bits per heavy atom. The summed E-state index contributed by atoms with van der Waals surface area (Å²) in [6.07, 6.45) is 2.74. The fraction of sp³-hybridized carbons (Fsp3) is 1.00. The molecule has 0 fully saturated rings. The van der Waals surface area contributed by atoms with E-state index in [0.717, 1.165) is 19.3 Å². The van der Waals surface area contributed by atoms with Crippen LogP contribution in [0.2, 0.25) is 0 Å². The van der Waals surface area contributed by atoms with Crippen LogP contribution in [-0.4, -0.2) is 24.1 Å². The lowest BCUT2D eigenvalue weighted by molar-refractivity contribution is -0.0670. The number of hydrogen-bond acceptors (Lipinski definition) is 3. The van der Waals surface area contributed by atoms with Gasteiger partial charge in [-0.1, -0.05) is 20.8 Å². The first-order chi connectivity index (χ1) is 8.47. The highest BCUT2D eigenvalue weighted by atomic mass is 16.8. The van der Waals surface area contributed by atoms with Crippen LogP contribution in [0.5, 0.6) is 0 Å². The molecule has 19 heavy (non-hydrogen) atoms. The van der Waals surface area contributed by atoms with Gasteiger partial charge < -0.3 is 14.0 Å². The summed E-state index contributed by atoms with van der Waals surface area (Å²) in [6.45, 7) is 18.7. The molecule has 0 spiro atoms. The maximum absolute atomic E-state index is 6.02. The Hall–Kier alpha value is -0.0551. The van der Waals surface area contributed by atoms with E-state index in [1.165, 1.54) is 0 Å². The van der Waals surface area contributed by atoms with Gasteiger partial charge in [0.05, 0.1) is 16.8 Å². The molecule has 0 bridgehead atoms. The number of hydrogen-bond donors (Lipinski definition) is 0. The first-order valence-corrected chi connectivity index (χ1v) is 7.50. The molecule has 114 valence electrons. The van der Waals surface area contributed by atoms with E-state index in [1.807, 2.05) is 0 Å². The third kappa shape index (κ3) is 7.96. The molecular formula is C15H33BO3. The van der Waals surface area contributed by atoms with Gasteiger partial charge in [-0.25, -0.2) is 0 Å². The van der Waals surface area contributed by atoms with Crippen molar-refractivity contribution in [2.75, 3.05) is 0 Å². The predicted octanol–water partition coefficient (Wildman–Crippen LogP) is 4.59. The maximum atomic E-state index is 6.02. The molecule has 0 aromatic carbocycles. The van der Waals surface area contributed by atoms with Crippen molar-refractivity contribution in [3.63, 3.8) is 0 Å². The van der Waals surface area contributed by atoms with Crippen LogP contribution in [0, 0.1) is 0 Å². The maximum Gasteiger partial charge on any atom is 0.640 e. The molecule has 0 aromatic heterocycles. The SMILES string of the molecule is CCC(C)(C)OB(OC(C)(C)CC)OC(C)(C)CC. The van der Waals surface area contributed by atoms with E-state index in [0.29, 0.717) is 0 Å². The standard InChI is InChI=1S/C15H33BO3/c1-10-13(4,5)17-16(18-14(6,7)11-2)19-15(8,9)12-3/h10-12H2,1-9H3. The molecule has 0 saturated heterocycles. The van der Waals surface area contributed by atoms with Crippen LogP contribution in [0.1, 0.15) is 81.6 Å². The van der Waals surface area contributed by atoms with Crippen molar-refractivity contribution in [2.24, 2.45) is 0 Å². The molecule has 0 saturated carbocycles. The van der Waals surface area contributed by atoms with Crippen LogP contribution in [0.4, 0.5) is 0 Å². The number of rotatable bonds is 9. The van der Waals surface area contributed by atoms with Gasteiger partial charge in [-0.2, -0.15) is 0 Å². The zero-order chi connectivity index (χ0) is 15.3. The van der Waals surface area contributed by atoms with E-state index in [4.69, 9.17) is 14.0 Å². The molecule has 0 aromatic rings. The Bertz CT molecular complexity index is 219. The lowest BCUT2D eigenvalue weighted by Gasteiger charge is -2.36. The van der Waals surface area contributed by atoms with E-state index in [-0.39, 0.29) is 16.8 Å². The molecule has 3 nitrogen and oxygen atoms in total. The van der Waals surface area contributed by atoms with Crippen molar-refractivity contribution in [3.05, 3.63) is 0 Å². The van der Waals surface area contributed by atoms with E-state index < -0.39 is 7.32 Å². The molecule has 0 aliphatic carbocycles. The average molecular weight is 272 g/mol. The van der Waals surface area contributed by atoms with Crippen LogP contribution in [0.25, 0.3) is 0 Å². The minimum atomic E-state index is -0.625. The van der Waals surface area contributed by atoms with Crippen molar-refractivity contribution in [2.45, 2.75) is 98.4 Å². The smallest absolute Gasteiger partial charge is 0.381 e. The van der Waals surface area contributed by atoms with Gasteiger partial charge in [-0.15, -0.1) is 0 Å². The van der Waals surface area contributed by atoms with Crippen molar-refractivity contribution in [1.29, 1.82) is 0 Å². The largest absolute Gasteiger partial charge is 0.640 e. The first-order valence-electron chi connectivity index (χ1n) is 7.50. The molecule has 0 N–H and O–H groups in total. The molecule has 0 unspecified atom stereocenters. The normalized spacial score (nSPS) is 13.7. The lowest BCUT2D eigenvalue weighted by atomic mass is 9.97. The summed E-state index contributed by atoms with van der Waals surface area (Å²) in [6, 6.07) is 0. The van der Waals surface area contributed by atoms with Gasteiger partial charge in [0.1, 0.15) is 0 Å². The van der Waals surface area contributed by atoms with E-state index in [9.17, 15) is 0 Å². The first kappa shape index (κ1) is 18.9. The summed E-state index contributed by atoms with van der Waals surface area (Å²) in [4.78, 5) is 0. The van der Waals surface area contributed by atoms with Gasteiger partial charge in [0.2, 0.25) is 0 Å². The quantitative estimate of drug-likeness (QED) is 0.575. The van der Waals surface area contributed by atoms with Gasteiger partial charge in [-0.3, -0.25) is 0 Å². The molecular weight excluding hydrogens is 239 g/mol. The third-order valence-electron chi connectivity index (χ3n) is 3.80. The molecule has 0 radical (unpaired) electrons. The van der Waals surface area contributed by atoms with Crippen molar-refractivity contribution in [3.8, 4) is 0 Å². The fourth-order valence-electron chi connectivity index (χ4n) is 1.10. The topological polar surface area (TPSA) is 27.7 Å². The Labute approximate surface area is 120 Å². The highest BCUT2D eigenvalue weighted by Gasteiger charge is 2.38. The molecule has 0 aliphatic heterocycles. The van der Waals surface area contributed by atoms with Crippen molar-refractivity contribution in [1.82, 2.24) is 0 Å². The minimum absolute atomic E-state index is 0.252. The Balaban J connectivity index is 4.84. The van der Waals surface area contributed by atoms with E-state index in [1.54, 1.807) is 0 Å². The van der Waals surface area contributed by atoms with Gasteiger partial charge in [-0.05, 0) is 60.8 Å². The van der Waals surface area contributed by atoms with Gasteiger partial charge in [0.15, 0.2) is 0 Å². The van der Waals surface area contributed by atoms with E-state index >= 15 is 0 Å². The zero-order valence-corrected chi connectivity index (χ0v) is 14.4. The van der Waals surface area contributed by atoms with Gasteiger partial charge in [0.25, 0.3) is 0 Å². The van der Waals surface area contributed by atoms with E-state index in [2.05, 4.69) is 62.3 Å². The highest BCUT2D eigenvalue weighted by Crippen LogP contribution is 2.25. The van der Waals surface area contributed by atoms with Gasteiger partial charge >= 0.3 is 7.32 Å². The second-order valence-electron chi connectivity index (χ2n) is 6.98. The second-order valence-corrected chi connectivity index (χ2v) is 6.98. The Morgan fingerprint density at radius 1 is 0.579 bits per heavy atom. The summed E-state index contributed by atoms with van der Waals surface area (Å²) in [5, 5.41) is 0. The predicted molar refractivity (Wildman–Crippen MR) is 82.1 cm³/mol. The average Bonchev–Trinajstić information content (AvgIpc) is 2.27. The molecule has 0 amide bonds. The summed E-state index contributed by atoms with van der Waals surface area (Å²) in [5.41, 5.74) is -0.755. The molecule has 4 heteroatoms. The minimum Gasteiger partial charge on any atom is -0.381 e. The lowest BCUT2D eigenvalue weighted by Crippen LogP contribution is -2.46. The Kier molecular flexibility index (Phi) is 7.08. The van der Waals surface area contributed by atoms with Crippen LogP contribution >= 0.6 is 0 Å². The molecule has 0 heterocycles. The molecule has 0 atom stereocenters. The second kappa shape index (κ2) is 7.10. The fourth-order valence-corrected chi connectivity index (χ4v) is 1.10. The summed E-state index contributed by atoms with van der Waals surface area (Å²) < 4.78 is 18.1. The van der Waals surface area contributed by atoms with Crippen LogP contribution in [0.3, 0.4) is 0 Å². The summed E-state index contributed by atoms with van der Waals surface area (Å²) in [5.74, 6) is 0. The zero-order valence-electron chi connectivity index (χ0n) is 14.4.